The third kappa shape index (κ3) is 2.87. The molecule has 0 spiro atoms. The van der Waals surface area contributed by atoms with Gasteiger partial charge in [-0.3, -0.25) is 0 Å². The molecule has 0 fully saturated rings. The van der Waals surface area contributed by atoms with Crippen LogP contribution in [0.3, 0.4) is 0 Å². The van der Waals surface area contributed by atoms with Gasteiger partial charge in [0.25, 0.3) is 0 Å². The van der Waals surface area contributed by atoms with Crippen molar-refractivity contribution in [1.82, 2.24) is 10.3 Å². The van der Waals surface area contributed by atoms with Crippen molar-refractivity contribution in [3.8, 4) is 0 Å². The highest BCUT2D eigenvalue weighted by Gasteiger charge is 2.07. The monoisotopic (exact) mass is 284 g/mol. The lowest BCUT2D eigenvalue weighted by atomic mass is 10.1. The van der Waals surface area contributed by atoms with Crippen molar-refractivity contribution >= 4 is 22.5 Å². The minimum absolute atomic E-state index is 0.764. The first-order chi connectivity index (χ1) is 9.84. The summed E-state index contributed by atoms with van der Waals surface area (Å²) in [6, 6.07) is 18.6. The topological polar surface area (TPSA) is 27.8 Å². The molecule has 3 aromatic rings. The van der Waals surface area contributed by atoms with Crippen molar-refractivity contribution < 1.29 is 0 Å². The predicted molar refractivity (Wildman–Crippen MR) is 85.2 cm³/mol. The Labute approximate surface area is 123 Å². The molecule has 3 rings (SSSR count). The van der Waals surface area contributed by atoms with E-state index in [9.17, 15) is 0 Å². The Hall–Kier alpha value is -1.77. The number of H-pyrrole nitrogens is 1. The summed E-state index contributed by atoms with van der Waals surface area (Å²) in [6.07, 6.45) is 1.03. The minimum Gasteiger partial charge on any atom is -0.356 e. The summed E-state index contributed by atoms with van der Waals surface area (Å²) in [5.41, 5.74) is 3.50. The van der Waals surface area contributed by atoms with E-state index in [2.05, 4.69) is 40.6 Å². The molecule has 0 saturated carbocycles. The number of benzene rings is 2. The number of nitrogens with one attached hydrogen (secondary N) is 2. The first-order valence-electron chi connectivity index (χ1n) is 6.84. The fraction of sp³-hybridized carbons (Fsp3) is 0.176. The number of hydrogen-bond acceptors (Lipinski definition) is 1. The SMILES string of the molecule is Clc1c(CNCCc2ccccc2)[nH]c2ccccc12. The lowest BCUT2D eigenvalue weighted by molar-refractivity contribution is 0.678. The number of aromatic amines is 1. The van der Waals surface area contributed by atoms with Gasteiger partial charge < -0.3 is 10.3 Å². The van der Waals surface area contributed by atoms with Gasteiger partial charge in [-0.25, -0.2) is 0 Å². The number of hydrogen-bond donors (Lipinski definition) is 2. The van der Waals surface area contributed by atoms with Crippen LogP contribution in [-0.4, -0.2) is 11.5 Å². The van der Waals surface area contributed by atoms with Gasteiger partial charge in [-0.1, -0.05) is 60.1 Å². The molecular weight excluding hydrogens is 268 g/mol. The summed E-state index contributed by atoms with van der Waals surface area (Å²) in [7, 11) is 0. The van der Waals surface area contributed by atoms with E-state index in [4.69, 9.17) is 11.6 Å². The fourth-order valence-electron chi connectivity index (χ4n) is 2.38. The highest BCUT2D eigenvalue weighted by atomic mass is 35.5. The summed E-state index contributed by atoms with van der Waals surface area (Å²) >= 11 is 6.38. The zero-order chi connectivity index (χ0) is 13.8. The molecule has 1 heterocycles. The van der Waals surface area contributed by atoms with E-state index in [1.165, 1.54) is 5.56 Å². The minimum atomic E-state index is 0.764. The van der Waals surface area contributed by atoms with Crippen molar-refractivity contribution in [2.24, 2.45) is 0 Å². The Morgan fingerprint density at radius 1 is 0.950 bits per heavy atom. The van der Waals surface area contributed by atoms with Gasteiger partial charge in [0.15, 0.2) is 0 Å². The molecule has 0 atom stereocenters. The van der Waals surface area contributed by atoms with Crippen molar-refractivity contribution in [3.63, 3.8) is 0 Å². The van der Waals surface area contributed by atoms with E-state index in [1.807, 2.05) is 24.3 Å². The molecular formula is C17H17ClN2. The molecule has 2 aromatic carbocycles. The van der Waals surface area contributed by atoms with E-state index < -0.39 is 0 Å². The lowest BCUT2D eigenvalue weighted by Crippen LogP contribution is -2.17. The number of halogens is 1. The maximum absolute atomic E-state index is 6.38. The molecule has 2 nitrogen and oxygen atoms in total. The summed E-state index contributed by atoms with van der Waals surface area (Å²) in [5.74, 6) is 0. The van der Waals surface area contributed by atoms with Crippen LogP contribution in [0, 0.1) is 0 Å². The van der Waals surface area contributed by atoms with Gasteiger partial charge in [0.05, 0.1) is 5.02 Å². The van der Waals surface area contributed by atoms with Crippen molar-refractivity contribution in [3.05, 3.63) is 70.9 Å². The average molecular weight is 285 g/mol. The molecule has 1 aromatic heterocycles. The van der Waals surface area contributed by atoms with Gasteiger partial charge >= 0.3 is 0 Å². The first kappa shape index (κ1) is 13.2. The molecule has 20 heavy (non-hydrogen) atoms. The Morgan fingerprint density at radius 2 is 1.70 bits per heavy atom. The van der Waals surface area contributed by atoms with E-state index in [0.29, 0.717) is 0 Å². The number of aromatic nitrogens is 1. The van der Waals surface area contributed by atoms with Crippen LogP contribution in [-0.2, 0) is 13.0 Å². The maximum atomic E-state index is 6.38. The number of rotatable bonds is 5. The quantitative estimate of drug-likeness (QED) is 0.677. The average Bonchev–Trinajstić information content (AvgIpc) is 2.82. The highest BCUT2D eigenvalue weighted by Crippen LogP contribution is 2.26. The van der Waals surface area contributed by atoms with Crippen LogP contribution in [0.25, 0.3) is 10.9 Å². The van der Waals surface area contributed by atoms with Crippen LogP contribution < -0.4 is 5.32 Å². The van der Waals surface area contributed by atoms with Crippen LogP contribution in [0.5, 0.6) is 0 Å². The smallest absolute Gasteiger partial charge is 0.0705 e. The van der Waals surface area contributed by atoms with E-state index in [0.717, 1.165) is 41.1 Å². The number of para-hydroxylation sites is 1. The van der Waals surface area contributed by atoms with Crippen LogP contribution >= 0.6 is 11.6 Å². The lowest BCUT2D eigenvalue weighted by Gasteiger charge is -2.04. The predicted octanol–water partition coefficient (Wildman–Crippen LogP) is 4.15. The molecule has 0 radical (unpaired) electrons. The van der Waals surface area contributed by atoms with Gasteiger partial charge in [-0.2, -0.15) is 0 Å². The van der Waals surface area contributed by atoms with Gasteiger partial charge in [0.2, 0.25) is 0 Å². The van der Waals surface area contributed by atoms with Crippen LogP contribution in [0.15, 0.2) is 54.6 Å². The van der Waals surface area contributed by atoms with Gasteiger partial charge in [-0.05, 0) is 24.6 Å². The molecule has 3 heteroatoms. The third-order valence-electron chi connectivity index (χ3n) is 3.45. The third-order valence-corrected chi connectivity index (χ3v) is 3.88. The molecule has 0 bridgehead atoms. The zero-order valence-corrected chi connectivity index (χ0v) is 12.0. The molecule has 0 saturated heterocycles. The van der Waals surface area contributed by atoms with E-state index in [1.54, 1.807) is 0 Å². The van der Waals surface area contributed by atoms with Gasteiger partial charge in [0.1, 0.15) is 0 Å². The van der Waals surface area contributed by atoms with E-state index >= 15 is 0 Å². The molecule has 0 aliphatic heterocycles. The largest absolute Gasteiger partial charge is 0.356 e. The van der Waals surface area contributed by atoms with Crippen molar-refractivity contribution in [2.75, 3.05) is 6.54 Å². The maximum Gasteiger partial charge on any atom is 0.0705 e. The summed E-state index contributed by atoms with van der Waals surface area (Å²) in [6.45, 7) is 1.70. The van der Waals surface area contributed by atoms with Gasteiger partial charge in [0, 0.05) is 23.1 Å². The Kier molecular flexibility index (Phi) is 4.05. The molecule has 0 unspecified atom stereocenters. The molecule has 2 N–H and O–H groups in total. The fourth-order valence-corrected chi connectivity index (χ4v) is 2.65. The van der Waals surface area contributed by atoms with E-state index in [-0.39, 0.29) is 0 Å². The Balaban J connectivity index is 1.59. The summed E-state index contributed by atoms with van der Waals surface area (Å²) in [5, 5.41) is 5.35. The van der Waals surface area contributed by atoms with Gasteiger partial charge in [-0.15, -0.1) is 0 Å². The standard InChI is InChI=1S/C17H17ClN2/c18-17-14-8-4-5-9-15(14)20-16(17)12-19-11-10-13-6-2-1-3-7-13/h1-9,19-20H,10-12H2. The Bertz CT molecular complexity index is 689. The van der Waals surface area contributed by atoms with Crippen LogP contribution in [0.1, 0.15) is 11.3 Å². The van der Waals surface area contributed by atoms with Crippen molar-refractivity contribution in [1.29, 1.82) is 0 Å². The second-order valence-corrected chi connectivity index (χ2v) is 5.25. The molecule has 0 aliphatic carbocycles. The summed E-state index contributed by atoms with van der Waals surface area (Å²) < 4.78 is 0. The molecule has 102 valence electrons. The normalized spacial score (nSPS) is 11.1. The summed E-state index contributed by atoms with van der Waals surface area (Å²) in [4.78, 5) is 3.37. The second kappa shape index (κ2) is 6.12. The Morgan fingerprint density at radius 3 is 2.50 bits per heavy atom. The molecule has 0 aliphatic rings. The van der Waals surface area contributed by atoms with Crippen LogP contribution in [0.4, 0.5) is 0 Å². The first-order valence-corrected chi connectivity index (χ1v) is 7.22. The highest BCUT2D eigenvalue weighted by molar-refractivity contribution is 6.36. The molecule has 0 amide bonds. The zero-order valence-electron chi connectivity index (χ0n) is 11.2. The second-order valence-electron chi connectivity index (χ2n) is 4.88. The van der Waals surface area contributed by atoms with Crippen LogP contribution in [0.2, 0.25) is 5.02 Å². The van der Waals surface area contributed by atoms with Crippen molar-refractivity contribution in [2.45, 2.75) is 13.0 Å². The number of fused-ring (bicyclic) bond motifs is 1.